The van der Waals surface area contributed by atoms with E-state index in [-0.39, 0.29) is 24.8 Å². The number of hydrogen-bond donors (Lipinski definition) is 0. The first-order valence-electron chi connectivity index (χ1n) is 16.8. The predicted molar refractivity (Wildman–Crippen MR) is 213 cm³/mol. The Morgan fingerprint density at radius 3 is 1.71 bits per heavy atom. The molecule has 0 saturated carbocycles. The number of aryl methyl sites for hydroxylation is 2. The molecule has 0 heterocycles. The van der Waals surface area contributed by atoms with Crippen LogP contribution in [0.1, 0.15) is 49.9 Å². The molecule has 0 nitrogen and oxygen atoms in total. The van der Waals surface area contributed by atoms with E-state index in [0.29, 0.717) is 5.92 Å². The van der Waals surface area contributed by atoms with Crippen LogP contribution < -0.4 is 9.81 Å². The summed E-state index contributed by atoms with van der Waals surface area (Å²) < 4.78 is 11.8. The molecule has 0 fully saturated rings. The van der Waals surface area contributed by atoms with Gasteiger partial charge in [0.2, 0.25) is 0 Å². The van der Waals surface area contributed by atoms with Gasteiger partial charge in [-0.1, -0.05) is 0 Å². The fourth-order valence-corrected chi connectivity index (χ4v) is 27.0. The number of allylic oxidation sites excluding steroid dienone is 4. The number of rotatable bonds is 4. The van der Waals surface area contributed by atoms with Gasteiger partial charge in [-0.05, 0) is 0 Å². The summed E-state index contributed by atoms with van der Waals surface area (Å²) in [5, 5.41) is 5.48. The quantitative estimate of drug-likeness (QED) is 0.157. The van der Waals surface area contributed by atoms with Gasteiger partial charge in [0, 0.05) is 0 Å². The van der Waals surface area contributed by atoms with Gasteiger partial charge < -0.3 is 0 Å². The van der Waals surface area contributed by atoms with Gasteiger partial charge in [-0.2, -0.15) is 0 Å². The zero-order valence-corrected chi connectivity index (χ0v) is 32.9. The molecule has 8 rings (SSSR count). The van der Waals surface area contributed by atoms with E-state index in [1.165, 1.54) is 81.5 Å². The molecule has 6 aromatic rings. The van der Waals surface area contributed by atoms with Crippen LogP contribution in [0.25, 0.3) is 32.7 Å². The van der Waals surface area contributed by atoms with Crippen LogP contribution in [0.4, 0.5) is 0 Å². The van der Waals surface area contributed by atoms with Gasteiger partial charge in [0.1, 0.15) is 0 Å². The van der Waals surface area contributed by atoms with Crippen LogP contribution in [0, 0.1) is 19.8 Å². The predicted octanol–water partition coefficient (Wildman–Crippen LogP) is 10.7. The molecule has 0 bridgehead atoms. The molecule has 242 valence electrons. The Hall–Kier alpha value is -3.35. The number of benzene rings is 6. The van der Waals surface area contributed by atoms with E-state index in [4.69, 9.17) is 4.21 Å². The van der Waals surface area contributed by atoms with E-state index in [1.807, 2.05) is 0 Å². The summed E-state index contributed by atoms with van der Waals surface area (Å²) in [5.74, 6) is 0.312. The molecule has 0 spiro atoms. The average Bonchev–Trinajstić information content (AvgIpc) is 3.56. The average molecular weight is 747 g/mol. The summed E-state index contributed by atoms with van der Waals surface area (Å²) >= 11 is -5.01. The van der Waals surface area contributed by atoms with E-state index in [2.05, 4.69) is 157 Å². The molecular formula is C45H44Cl2Zr. The third kappa shape index (κ3) is 4.47. The molecule has 0 amide bonds. The van der Waals surface area contributed by atoms with Crippen LogP contribution in [0.5, 0.6) is 0 Å². The minimum atomic E-state index is -5.01. The van der Waals surface area contributed by atoms with Crippen molar-refractivity contribution in [3.05, 3.63) is 158 Å². The van der Waals surface area contributed by atoms with Crippen LogP contribution in [-0.4, -0.2) is 4.21 Å². The first-order chi connectivity index (χ1) is 22.1. The van der Waals surface area contributed by atoms with Crippen molar-refractivity contribution in [1.82, 2.24) is 0 Å². The van der Waals surface area contributed by atoms with Crippen LogP contribution in [-0.2, 0) is 24.7 Å². The Bertz CT molecular complexity index is 2340. The molecule has 0 radical (unpaired) electrons. The van der Waals surface area contributed by atoms with Crippen molar-refractivity contribution in [1.29, 1.82) is 0 Å². The number of fused-ring (bicyclic) bond motifs is 8. The van der Waals surface area contributed by atoms with Gasteiger partial charge in [-0.25, -0.2) is 0 Å². The van der Waals surface area contributed by atoms with E-state index in [9.17, 15) is 0 Å². The van der Waals surface area contributed by atoms with E-state index >= 15 is 0 Å². The topological polar surface area (TPSA) is 0 Å². The van der Waals surface area contributed by atoms with Gasteiger partial charge in [0.25, 0.3) is 0 Å². The van der Waals surface area contributed by atoms with Gasteiger partial charge in [-0.15, -0.1) is 24.8 Å². The normalized spacial score (nSPS) is 15.8. The SMILES string of the molecule is Cl.Cl.[CH2]=[Zr]([C]1=C(C)C(C)=C(C)C1C)([c]1ccc(C)cc1)([c]1ccc(C)cc1)[c]1cccc2c1c1c(c3ccccc32)-c2ccccc2C1. The molecule has 0 aliphatic heterocycles. The number of hydrogen-bond acceptors (Lipinski definition) is 0. The molecule has 0 aromatic heterocycles. The first kappa shape index (κ1) is 34.5. The molecule has 2 aliphatic rings. The van der Waals surface area contributed by atoms with Crippen molar-refractivity contribution >= 4 is 60.4 Å². The zero-order valence-electron chi connectivity index (χ0n) is 28.8. The summed E-state index contributed by atoms with van der Waals surface area (Å²) in [6.45, 7) is 13.9. The molecule has 1 unspecified atom stereocenters. The van der Waals surface area contributed by atoms with Crippen LogP contribution in [0.2, 0.25) is 0 Å². The van der Waals surface area contributed by atoms with Crippen LogP contribution >= 0.6 is 24.8 Å². The second-order valence-electron chi connectivity index (χ2n) is 14.2. The number of halogens is 2. The van der Waals surface area contributed by atoms with E-state index in [1.54, 1.807) is 3.28 Å². The van der Waals surface area contributed by atoms with E-state index < -0.39 is 18.3 Å². The molecule has 0 N–H and O–H groups in total. The molecule has 48 heavy (non-hydrogen) atoms. The third-order valence-corrected chi connectivity index (χ3v) is 28.8. The van der Waals surface area contributed by atoms with E-state index in [0.717, 1.165) is 6.42 Å². The minimum absolute atomic E-state index is 0. The molecular weight excluding hydrogens is 703 g/mol. The van der Waals surface area contributed by atoms with Gasteiger partial charge >= 0.3 is 276 Å². The third-order valence-electron chi connectivity index (χ3n) is 12.0. The van der Waals surface area contributed by atoms with Crippen molar-refractivity contribution in [2.75, 3.05) is 0 Å². The Morgan fingerprint density at radius 2 is 1.12 bits per heavy atom. The van der Waals surface area contributed by atoms with Crippen molar-refractivity contribution in [2.45, 2.75) is 48.0 Å². The van der Waals surface area contributed by atoms with Crippen molar-refractivity contribution < 1.29 is 18.3 Å². The second kappa shape index (κ2) is 12.2. The maximum atomic E-state index is 5.85. The Balaban J connectivity index is 0.00000201. The first-order valence-corrected chi connectivity index (χ1v) is 23.4. The maximum absolute atomic E-state index is 5.85. The van der Waals surface area contributed by atoms with Crippen molar-refractivity contribution in [3.8, 4) is 11.1 Å². The fraction of sp³-hybridized carbons (Fsp3) is 0.178. The molecule has 3 heteroatoms. The summed E-state index contributed by atoms with van der Waals surface area (Å²) in [4.78, 5) is 0. The second-order valence-corrected chi connectivity index (χ2v) is 26.9. The van der Waals surface area contributed by atoms with Gasteiger partial charge in [0.15, 0.2) is 0 Å². The van der Waals surface area contributed by atoms with Crippen LogP contribution in [0.3, 0.4) is 0 Å². The van der Waals surface area contributed by atoms with Crippen molar-refractivity contribution in [3.63, 3.8) is 0 Å². The van der Waals surface area contributed by atoms with Crippen molar-refractivity contribution in [2.24, 2.45) is 5.92 Å². The molecule has 0 saturated heterocycles. The summed E-state index contributed by atoms with van der Waals surface area (Å²) in [6, 6.07) is 44.4. The summed E-state index contributed by atoms with van der Waals surface area (Å²) in [7, 11) is 0. The summed E-state index contributed by atoms with van der Waals surface area (Å²) in [5.41, 5.74) is 12.6. The van der Waals surface area contributed by atoms with Gasteiger partial charge in [-0.3, -0.25) is 0 Å². The van der Waals surface area contributed by atoms with Gasteiger partial charge in [0.05, 0.1) is 0 Å². The van der Waals surface area contributed by atoms with Crippen LogP contribution in [0.15, 0.2) is 135 Å². The zero-order chi connectivity index (χ0) is 32.0. The fourth-order valence-electron chi connectivity index (χ4n) is 9.41. The standard InChI is InChI=1S/C21H13.C9H13.2C7H7.CH2.2ClH.Zr/c1-2-8-15-14(7-1)13-20-18-11-4-3-9-16(18)17-10-5-6-12-19(17)21(15)20;1-6-5-7(2)9(4)8(6)3;2*1-7-5-3-2-4-6-7;;;;/h1-10,12H,13H2;6H,1-4H3;2*3-6H,1H3;1H2;2*1H;. The Labute approximate surface area is 299 Å². The Kier molecular flexibility index (Phi) is 8.78. The molecule has 1 atom stereocenters. The molecule has 6 aromatic carbocycles. The summed E-state index contributed by atoms with van der Waals surface area (Å²) in [6.07, 6.45) is 0.945. The monoisotopic (exact) mass is 744 g/mol. The molecule has 2 aliphatic carbocycles. The Morgan fingerprint density at radius 1 is 0.583 bits per heavy atom.